The minimum Gasteiger partial charge on any atom is -0.433 e. The van der Waals surface area contributed by atoms with Gasteiger partial charge in [0.25, 0.3) is 0 Å². The Hall–Kier alpha value is -1.63. The molecule has 1 aromatic rings. The molecule has 0 heterocycles. The number of sulfone groups is 1. The molecular weight excluding hydrogens is 273 g/mol. The van der Waals surface area contributed by atoms with Crippen LogP contribution < -0.4 is 5.32 Å². The van der Waals surface area contributed by atoms with E-state index in [1.807, 2.05) is 0 Å². The van der Waals surface area contributed by atoms with E-state index in [2.05, 4.69) is 10.1 Å². The third-order valence-corrected chi connectivity index (χ3v) is 3.41. The molecule has 1 N–H and O–H groups in total. The first-order valence-electron chi connectivity index (χ1n) is 5.53. The standard InChI is InChI=1S/C12H16FNO4S/c1-12(2,3)14-11(15)18-8-19(16,17)10-6-4-9(13)5-7-10/h4-7H,8H2,1-3H3,(H,14,15). The molecule has 0 spiro atoms. The number of nitrogens with one attached hydrogen (secondary N) is 1. The SMILES string of the molecule is CC(C)(C)NC(=O)OCS(=O)(=O)c1ccc(F)cc1. The highest BCUT2D eigenvalue weighted by atomic mass is 32.2. The number of amides is 1. The van der Waals surface area contributed by atoms with Crippen molar-refractivity contribution >= 4 is 15.9 Å². The molecule has 1 aromatic carbocycles. The molecule has 19 heavy (non-hydrogen) atoms. The van der Waals surface area contributed by atoms with Crippen molar-refractivity contribution in [1.82, 2.24) is 5.32 Å². The summed E-state index contributed by atoms with van der Waals surface area (Å²) in [7, 11) is -3.78. The molecule has 0 aliphatic heterocycles. The van der Waals surface area contributed by atoms with Crippen molar-refractivity contribution in [3.63, 3.8) is 0 Å². The summed E-state index contributed by atoms with van der Waals surface area (Å²) in [6.45, 7) is 5.22. The molecule has 106 valence electrons. The van der Waals surface area contributed by atoms with E-state index in [1.165, 1.54) is 0 Å². The Labute approximate surface area is 111 Å². The number of halogens is 1. The second-order valence-electron chi connectivity index (χ2n) is 4.99. The van der Waals surface area contributed by atoms with Gasteiger partial charge in [0, 0.05) is 5.54 Å². The van der Waals surface area contributed by atoms with Crippen molar-refractivity contribution in [1.29, 1.82) is 0 Å². The van der Waals surface area contributed by atoms with Gasteiger partial charge >= 0.3 is 6.09 Å². The van der Waals surface area contributed by atoms with E-state index in [1.54, 1.807) is 20.8 Å². The van der Waals surface area contributed by atoms with Gasteiger partial charge in [0.2, 0.25) is 9.84 Å². The lowest BCUT2D eigenvalue weighted by Crippen LogP contribution is -2.41. The van der Waals surface area contributed by atoms with Gasteiger partial charge < -0.3 is 10.1 Å². The van der Waals surface area contributed by atoms with Crippen LogP contribution in [-0.2, 0) is 14.6 Å². The Kier molecular flexibility index (Phi) is 4.52. The quantitative estimate of drug-likeness (QED) is 0.865. The van der Waals surface area contributed by atoms with Crippen molar-refractivity contribution in [3.8, 4) is 0 Å². The minimum absolute atomic E-state index is 0.0996. The Morgan fingerprint density at radius 2 is 1.79 bits per heavy atom. The highest BCUT2D eigenvalue weighted by Gasteiger charge is 2.20. The van der Waals surface area contributed by atoms with Crippen LogP contribution in [-0.4, -0.2) is 26.0 Å². The van der Waals surface area contributed by atoms with Crippen LogP contribution in [0.1, 0.15) is 20.8 Å². The van der Waals surface area contributed by atoms with Gasteiger partial charge in [0.1, 0.15) is 5.82 Å². The molecule has 0 aliphatic carbocycles. The summed E-state index contributed by atoms with van der Waals surface area (Å²) in [5, 5.41) is 2.47. The van der Waals surface area contributed by atoms with Crippen LogP contribution in [0.15, 0.2) is 29.2 Å². The molecule has 0 aliphatic rings. The second-order valence-corrected chi connectivity index (χ2v) is 6.93. The fourth-order valence-corrected chi connectivity index (χ4v) is 2.13. The smallest absolute Gasteiger partial charge is 0.408 e. The molecule has 0 atom stereocenters. The minimum atomic E-state index is -3.78. The number of rotatable bonds is 3. The summed E-state index contributed by atoms with van der Waals surface area (Å²) in [5.41, 5.74) is -0.517. The molecule has 0 fully saturated rings. The van der Waals surface area contributed by atoms with Crippen molar-refractivity contribution < 1.29 is 22.3 Å². The van der Waals surface area contributed by atoms with E-state index in [-0.39, 0.29) is 4.90 Å². The maximum absolute atomic E-state index is 12.7. The monoisotopic (exact) mass is 289 g/mol. The predicted octanol–water partition coefficient (Wildman–Crippen LogP) is 2.08. The molecule has 0 radical (unpaired) electrons. The maximum atomic E-state index is 12.7. The molecule has 0 bridgehead atoms. The Morgan fingerprint density at radius 1 is 1.26 bits per heavy atom. The van der Waals surface area contributed by atoms with Gasteiger partial charge in [-0.1, -0.05) is 0 Å². The van der Waals surface area contributed by atoms with E-state index in [0.717, 1.165) is 24.3 Å². The van der Waals surface area contributed by atoms with E-state index in [0.29, 0.717) is 0 Å². The fraction of sp³-hybridized carbons (Fsp3) is 0.417. The van der Waals surface area contributed by atoms with Gasteiger partial charge in [-0.3, -0.25) is 0 Å². The number of benzene rings is 1. The molecule has 0 unspecified atom stereocenters. The Morgan fingerprint density at radius 3 is 2.26 bits per heavy atom. The summed E-state index contributed by atoms with van der Waals surface area (Å²) in [6.07, 6.45) is -0.821. The zero-order chi connectivity index (χ0) is 14.7. The maximum Gasteiger partial charge on any atom is 0.408 e. The molecule has 0 saturated heterocycles. The van der Waals surface area contributed by atoms with Crippen LogP contribution in [0.5, 0.6) is 0 Å². The summed E-state index contributed by atoms with van der Waals surface area (Å²) in [5.74, 6) is -1.33. The molecule has 1 rings (SSSR count). The van der Waals surface area contributed by atoms with E-state index < -0.39 is 33.2 Å². The number of ether oxygens (including phenoxy) is 1. The highest BCUT2D eigenvalue weighted by Crippen LogP contribution is 2.12. The van der Waals surface area contributed by atoms with Crippen LogP contribution in [0.2, 0.25) is 0 Å². The van der Waals surface area contributed by atoms with Gasteiger partial charge in [-0.2, -0.15) is 0 Å². The molecule has 0 aromatic heterocycles. The molecule has 0 saturated carbocycles. The van der Waals surface area contributed by atoms with Gasteiger partial charge in [-0.15, -0.1) is 0 Å². The lowest BCUT2D eigenvalue weighted by atomic mass is 10.1. The third-order valence-electron chi connectivity index (χ3n) is 1.99. The van der Waals surface area contributed by atoms with Crippen LogP contribution in [0, 0.1) is 5.82 Å². The van der Waals surface area contributed by atoms with Gasteiger partial charge in [0.15, 0.2) is 5.94 Å². The number of carbonyl (C=O) groups excluding carboxylic acids is 1. The zero-order valence-corrected chi connectivity index (χ0v) is 11.8. The van der Waals surface area contributed by atoms with Crippen molar-refractivity contribution in [2.75, 3.05) is 5.94 Å². The Balaban J connectivity index is 2.66. The van der Waals surface area contributed by atoms with Crippen molar-refractivity contribution in [2.24, 2.45) is 0 Å². The van der Waals surface area contributed by atoms with Crippen LogP contribution in [0.3, 0.4) is 0 Å². The summed E-state index contributed by atoms with van der Waals surface area (Å²) in [6, 6.07) is 4.30. The van der Waals surface area contributed by atoms with Gasteiger partial charge in [0.05, 0.1) is 4.90 Å². The third kappa shape index (κ3) is 5.25. The summed E-state index contributed by atoms with van der Waals surface area (Å²) >= 11 is 0. The van der Waals surface area contributed by atoms with Crippen LogP contribution >= 0.6 is 0 Å². The van der Waals surface area contributed by atoms with Crippen LogP contribution in [0.25, 0.3) is 0 Å². The van der Waals surface area contributed by atoms with Gasteiger partial charge in [-0.05, 0) is 45.0 Å². The number of carbonyl (C=O) groups is 1. The summed E-state index contributed by atoms with van der Waals surface area (Å²) in [4.78, 5) is 11.2. The number of alkyl carbamates (subject to hydrolysis) is 1. The fourth-order valence-electron chi connectivity index (χ4n) is 1.18. The van der Waals surface area contributed by atoms with Crippen LogP contribution in [0.4, 0.5) is 9.18 Å². The normalized spacial score (nSPS) is 12.0. The lowest BCUT2D eigenvalue weighted by Gasteiger charge is -2.19. The first-order valence-corrected chi connectivity index (χ1v) is 7.19. The van der Waals surface area contributed by atoms with Crippen molar-refractivity contribution in [3.05, 3.63) is 30.1 Å². The number of hydrogen-bond donors (Lipinski definition) is 1. The van der Waals surface area contributed by atoms with E-state index in [9.17, 15) is 17.6 Å². The molecular formula is C12H16FNO4S. The molecule has 1 amide bonds. The van der Waals surface area contributed by atoms with E-state index >= 15 is 0 Å². The molecule has 7 heteroatoms. The predicted molar refractivity (Wildman–Crippen MR) is 67.8 cm³/mol. The topological polar surface area (TPSA) is 72.5 Å². The summed E-state index contributed by atoms with van der Waals surface area (Å²) < 4.78 is 40.9. The zero-order valence-electron chi connectivity index (χ0n) is 10.9. The average molecular weight is 289 g/mol. The second kappa shape index (κ2) is 5.56. The first-order chi connectivity index (χ1) is 8.60. The Bertz CT molecular complexity index is 546. The van der Waals surface area contributed by atoms with Gasteiger partial charge in [-0.25, -0.2) is 17.6 Å². The average Bonchev–Trinajstić information content (AvgIpc) is 2.25. The first kappa shape index (κ1) is 15.4. The highest BCUT2D eigenvalue weighted by molar-refractivity contribution is 7.91. The van der Waals surface area contributed by atoms with Crippen molar-refractivity contribution in [2.45, 2.75) is 31.2 Å². The lowest BCUT2D eigenvalue weighted by molar-refractivity contribution is 0.154. The number of hydrogen-bond acceptors (Lipinski definition) is 4. The molecule has 5 nitrogen and oxygen atoms in total. The largest absolute Gasteiger partial charge is 0.433 e. The van der Waals surface area contributed by atoms with E-state index in [4.69, 9.17) is 0 Å².